The highest BCUT2D eigenvalue weighted by Gasteiger charge is 2.17. The largest absolute Gasteiger partial charge is 0.383 e. The maximum absolute atomic E-state index is 13.9. The molecule has 8 heteroatoms. The van der Waals surface area contributed by atoms with Crippen molar-refractivity contribution in [2.24, 2.45) is 0 Å². The lowest BCUT2D eigenvalue weighted by atomic mass is 10.2. The second-order valence-electron chi connectivity index (χ2n) is 4.18. The smallest absolute Gasteiger partial charge is 0.182 e. The fraction of sp³-hybridized carbons (Fsp3) is 0. The van der Waals surface area contributed by atoms with E-state index in [9.17, 15) is 8.78 Å². The van der Waals surface area contributed by atoms with Crippen LogP contribution in [0.3, 0.4) is 0 Å². The highest BCUT2D eigenvalue weighted by Crippen LogP contribution is 2.28. The second kappa shape index (κ2) is 5.21. The molecule has 2 N–H and O–H groups in total. The Morgan fingerprint density at radius 3 is 2.86 bits per heavy atom. The van der Waals surface area contributed by atoms with E-state index in [2.05, 4.69) is 31.1 Å². The lowest BCUT2D eigenvalue weighted by Crippen LogP contribution is -2.03. The highest BCUT2D eigenvalue weighted by molar-refractivity contribution is 9.10. The molecule has 0 aliphatic carbocycles. The summed E-state index contributed by atoms with van der Waals surface area (Å²) in [4.78, 5) is 3.99. The lowest BCUT2D eigenvalue weighted by Gasteiger charge is -2.09. The average Bonchev–Trinajstić information content (AvgIpc) is 2.93. The fourth-order valence-corrected chi connectivity index (χ4v) is 2.23. The highest BCUT2D eigenvalue weighted by atomic mass is 79.9. The Labute approximate surface area is 126 Å². The van der Waals surface area contributed by atoms with Gasteiger partial charge >= 0.3 is 0 Å². The van der Waals surface area contributed by atoms with Gasteiger partial charge in [-0.1, -0.05) is 6.07 Å². The van der Waals surface area contributed by atoms with Crippen LogP contribution in [0.25, 0.3) is 17.1 Å². The van der Waals surface area contributed by atoms with Gasteiger partial charge in [0.15, 0.2) is 17.5 Å². The normalized spacial score (nSPS) is 10.8. The molecule has 5 nitrogen and oxygen atoms in total. The fourth-order valence-electron chi connectivity index (χ4n) is 1.90. The van der Waals surface area contributed by atoms with Crippen LogP contribution in [0.1, 0.15) is 0 Å². The van der Waals surface area contributed by atoms with Crippen molar-refractivity contribution in [3.05, 3.63) is 52.9 Å². The van der Waals surface area contributed by atoms with Crippen molar-refractivity contribution in [2.45, 2.75) is 0 Å². The molecule has 0 spiro atoms. The molecular formula is C13H8BrF2N5. The van der Waals surface area contributed by atoms with E-state index >= 15 is 0 Å². The number of nitrogen functional groups attached to an aromatic ring is 1. The zero-order valence-corrected chi connectivity index (χ0v) is 12.1. The van der Waals surface area contributed by atoms with Crippen molar-refractivity contribution >= 4 is 21.7 Å². The van der Waals surface area contributed by atoms with Crippen molar-refractivity contribution in [1.82, 2.24) is 19.7 Å². The standard InChI is InChI=1S/C13H8BrF2N5/c14-7-4-8(12(17)18-5-7)13-20-19-6-21(13)10-3-1-2-9(15)11(10)16/h1-6H,(H2,17,18). The molecule has 0 aliphatic heterocycles. The van der Waals surface area contributed by atoms with Crippen LogP contribution in [0.5, 0.6) is 0 Å². The van der Waals surface area contributed by atoms with E-state index in [4.69, 9.17) is 5.73 Å². The summed E-state index contributed by atoms with van der Waals surface area (Å²) in [7, 11) is 0. The number of hydrogen-bond acceptors (Lipinski definition) is 4. The molecule has 0 fully saturated rings. The van der Waals surface area contributed by atoms with Gasteiger partial charge in [-0.15, -0.1) is 10.2 Å². The van der Waals surface area contributed by atoms with E-state index in [1.165, 1.54) is 29.2 Å². The Kier molecular flexibility index (Phi) is 3.38. The minimum absolute atomic E-state index is 0.00521. The molecule has 3 rings (SSSR count). The second-order valence-corrected chi connectivity index (χ2v) is 5.10. The number of aromatic nitrogens is 4. The third-order valence-electron chi connectivity index (χ3n) is 2.86. The van der Waals surface area contributed by atoms with E-state index in [1.54, 1.807) is 6.07 Å². The number of pyridine rings is 1. The SMILES string of the molecule is Nc1ncc(Br)cc1-c1nncn1-c1cccc(F)c1F. The Morgan fingerprint density at radius 1 is 1.24 bits per heavy atom. The summed E-state index contributed by atoms with van der Waals surface area (Å²) in [5, 5.41) is 7.66. The van der Waals surface area contributed by atoms with Gasteiger partial charge in [0.25, 0.3) is 0 Å². The minimum Gasteiger partial charge on any atom is -0.383 e. The summed E-state index contributed by atoms with van der Waals surface area (Å²) in [6, 6.07) is 5.55. The van der Waals surface area contributed by atoms with Crippen molar-refractivity contribution in [3.63, 3.8) is 0 Å². The molecule has 21 heavy (non-hydrogen) atoms. The van der Waals surface area contributed by atoms with Gasteiger partial charge < -0.3 is 5.73 Å². The molecule has 1 aromatic carbocycles. The van der Waals surface area contributed by atoms with Crippen LogP contribution >= 0.6 is 15.9 Å². The molecule has 0 saturated heterocycles. The first-order valence-corrected chi connectivity index (χ1v) is 6.63. The van der Waals surface area contributed by atoms with Crippen LogP contribution in [0.2, 0.25) is 0 Å². The summed E-state index contributed by atoms with van der Waals surface area (Å²) in [5.41, 5.74) is 6.27. The Hall–Kier alpha value is -2.35. The third-order valence-corrected chi connectivity index (χ3v) is 3.30. The van der Waals surface area contributed by atoms with Crippen molar-refractivity contribution in [3.8, 4) is 17.1 Å². The Balaban J connectivity index is 2.22. The summed E-state index contributed by atoms with van der Waals surface area (Å²) in [5.74, 6) is -1.46. The summed E-state index contributed by atoms with van der Waals surface area (Å²) in [6.07, 6.45) is 2.82. The van der Waals surface area contributed by atoms with Gasteiger partial charge in [-0.05, 0) is 34.1 Å². The van der Waals surface area contributed by atoms with Gasteiger partial charge in [0.05, 0.1) is 11.3 Å². The van der Waals surface area contributed by atoms with E-state index < -0.39 is 11.6 Å². The van der Waals surface area contributed by atoms with Crippen LogP contribution in [-0.2, 0) is 0 Å². The maximum atomic E-state index is 13.9. The first kappa shape index (κ1) is 13.6. The predicted octanol–water partition coefficient (Wildman–Crippen LogP) is 2.95. The van der Waals surface area contributed by atoms with Crippen LogP contribution in [0, 0.1) is 11.6 Å². The molecule has 0 radical (unpaired) electrons. The zero-order valence-electron chi connectivity index (χ0n) is 10.5. The molecule has 0 amide bonds. The average molecular weight is 352 g/mol. The van der Waals surface area contributed by atoms with E-state index in [0.29, 0.717) is 10.0 Å². The molecule has 2 heterocycles. The first-order chi connectivity index (χ1) is 10.1. The molecule has 0 unspecified atom stereocenters. The Morgan fingerprint density at radius 2 is 2.05 bits per heavy atom. The van der Waals surface area contributed by atoms with Gasteiger partial charge in [-0.3, -0.25) is 4.57 Å². The summed E-state index contributed by atoms with van der Waals surface area (Å²) in [6.45, 7) is 0. The number of rotatable bonds is 2. The number of benzene rings is 1. The number of anilines is 1. The lowest BCUT2D eigenvalue weighted by molar-refractivity contribution is 0.504. The molecule has 3 aromatic rings. The van der Waals surface area contributed by atoms with E-state index in [0.717, 1.165) is 6.07 Å². The monoisotopic (exact) mass is 351 g/mol. The molecule has 0 saturated carbocycles. The predicted molar refractivity (Wildman–Crippen MR) is 76.6 cm³/mol. The number of halogens is 3. The zero-order chi connectivity index (χ0) is 15.0. The van der Waals surface area contributed by atoms with Gasteiger partial charge in [0, 0.05) is 10.7 Å². The minimum atomic E-state index is -0.986. The maximum Gasteiger partial charge on any atom is 0.182 e. The van der Waals surface area contributed by atoms with Crippen molar-refractivity contribution in [2.75, 3.05) is 5.73 Å². The Bertz CT molecular complexity index is 802. The van der Waals surface area contributed by atoms with Crippen LogP contribution in [-0.4, -0.2) is 19.7 Å². The molecule has 0 atom stereocenters. The quantitative estimate of drug-likeness (QED) is 0.770. The first-order valence-electron chi connectivity index (χ1n) is 5.83. The van der Waals surface area contributed by atoms with Gasteiger partial charge in [0.1, 0.15) is 12.1 Å². The molecular weight excluding hydrogens is 344 g/mol. The van der Waals surface area contributed by atoms with Gasteiger partial charge in [0.2, 0.25) is 0 Å². The summed E-state index contributed by atoms with van der Waals surface area (Å²) < 4.78 is 29.3. The van der Waals surface area contributed by atoms with Crippen LogP contribution < -0.4 is 5.73 Å². The number of nitrogens with two attached hydrogens (primary N) is 1. The molecule has 0 bridgehead atoms. The van der Waals surface area contributed by atoms with Crippen LogP contribution in [0.15, 0.2) is 41.3 Å². The third kappa shape index (κ3) is 2.38. The van der Waals surface area contributed by atoms with Gasteiger partial charge in [-0.25, -0.2) is 13.8 Å². The topological polar surface area (TPSA) is 69.6 Å². The van der Waals surface area contributed by atoms with Gasteiger partial charge in [-0.2, -0.15) is 0 Å². The molecule has 2 aromatic heterocycles. The van der Waals surface area contributed by atoms with E-state index in [-0.39, 0.29) is 17.3 Å². The van der Waals surface area contributed by atoms with Crippen LogP contribution in [0.4, 0.5) is 14.6 Å². The van der Waals surface area contributed by atoms with Crippen molar-refractivity contribution < 1.29 is 8.78 Å². The van der Waals surface area contributed by atoms with Crippen molar-refractivity contribution in [1.29, 1.82) is 0 Å². The number of nitrogens with zero attached hydrogens (tertiary/aromatic N) is 4. The molecule has 0 aliphatic rings. The molecule has 106 valence electrons. The van der Waals surface area contributed by atoms with E-state index in [1.807, 2.05) is 0 Å². The summed E-state index contributed by atoms with van der Waals surface area (Å²) >= 11 is 3.28. The number of hydrogen-bond donors (Lipinski definition) is 1.